The molecule has 1 saturated heterocycles. The lowest BCUT2D eigenvalue weighted by Gasteiger charge is -2.40. The van der Waals surface area contributed by atoms with Gasteiger partial charge in [0, 0.05) is 13.2 Å². The number of carboxylic acids is 1. The Hall–Kier alpha value is -0.610. The minimum Gasteiger partial charge on any atom is -0.480 e. The van der Waals surface area contributed by atoms with Crippen LogP contribution in [-0.2, 0) is 4.79 Å². The first-order chi connectivity index (χ1) is 6.48. The molecule has 0 aromatic carbocycles. The van der Waals surface area contributed by atoms with Crippen LogP contribution in [0.15, 0.2) is 0 Å². The lowest BCUT2D eigenvalue weighted by Crippen LogP contribution is -2.54. The van der Waals surface area contributed by atoms with E-state index in [1.54, 1.807) is 13.8 Å². The largest absolute Gasteiger partial charge is 0.480 e. The van der Waals surface area contributed by atoms with E-state index in [1.165, 1.54) is 0 Å². The second kappa shape index (κ2) is 4.28. The van der Waals surface area contributed by atoms with Gasteiger partial charge in [0.2, 0.25) is 0 Å². The summed E-state index contributed by atoms with van der Waals surface area (Å²) in [6, 6.07) is 0. The second-order valence-electron chi connectivity index (χ2n) is 4.50. The van der Waals surface area contributed by atoms with Gasteiger partial charge in [0.25, 0.3) is 0 Å². The zero-order valence-electron chi connectivity index (χ0n) is 8.86. The highest BCUT2D eigenvalue weighted by atomic mass is 16.4. The number of hydrogen-bond acceptors (Lipinski definition) is 3. The molecular formula is C10H19NO3. The number of piperidine rings is 1. The summed E-state index contributed by atoms with van der Waals surface area (Å²) >= 11 is 0. The predicted molar refractivity (Wildman–Crippen MR) is 53.1 cm³/mol. The minimum atomic E-state index is -0.812. The molecular weight excluding hydrogens is 182 g/mol. The number of hydrogen-bond donors (Lipinski definition) is 2. The maximum Gasteiger partial charge on any atom is 0.323 e. The van der Waals surface area contributed by atoms with Crippen molar-refractivity contribution in [3.05, 3.63) is 0 Å². The molecule has 1 rings (SSSR count). The number of aliphatic hydroxyl groups excluding tert-OH is 1. The molecule has 0 unspecified atom stereocenters. The summed E-state index contributed by atoms with van der Waals surface area (Å²) in [6.07, 6.45) is 1.98. The van der Waals surface area contributed by atoms with E-state index >= 15 is 0 Å². The third-order valence-electron chi connectivity index (χ3n) is 3.09. The van der Waals surface area contributed by atoms with Crippen LogP contribution in [0.3, 0.4) is 0 Å². The van der Waals surface area contributed by atoms with Gasteiger partial charge in [-0.1, -0.05) is 0 Å². The smallest absolute Gasteiger partial charge is 0.323 e. The highest BCUT2D eigenvalue weighted by molar-refractivity contribution is 5.77. The fraction of sp³-hybridized carbons (Fsp3) is 0.900. The number of carbonyl (C=O) groups is 1. The van der Waals surface area contributed by atoms with Crippen LogP contribution in [0.4, 0.5) is 0 Å². The Labute approximate surface area is 84.5 Å². The van der Waals surface area contributed by atoms with Crippen molar-refractivity contribution in [3.8, 4) is 0 Å². The first kappa shape index (κ1) is 11.5. The first-order valence-corrected chi connectivity index (χ1v) is 5.07. The first-order valence-electron chi connectivity index (χ1n) is 5.07. The van der Waals surface area contributed by atoms with E-state index in [4.69, 9.17) is 10.2 Å². The van der Waals surface area contributed by atoms with Crippen LogP contribution in [0.2, 0.25) is 0 Å². The Morgan fingerprint density at radius 3 is 2.71 bits per heavy atom. The molecule has 2 N–H and O–H groups in total. The molecule has 0 bridgehead atoms. The lowest BCUT2D eigenvalue weighted by molar-refractivity contribution is -0.150. The van der Waals surface area contributed by atoms with Crippen molar-refractivity contribution in [1.82, 2.24) is 4.90 Å². The Kier molecular flexibility index (Phi) is 3.50. The zero-order chi connectivity index (χ0) is 10.8. The maximum atomic E-state index is 11.0. The molecule has 4 heteroatoms. The highest BCUT2D eigenvalue weighted by Crippen LogP contribution is 2.23. The van der Waals surface area contributed by atoms with Crippen LogP contribution >= 0.6 is 0 Å². The van der Waals surface area contributed by atoms with Crippen molar-refractivity contribution < 1.29 is 15.0 Å². The Morgan fingerprint density at radius 2 is 2.21 bits per heavy atom. The molecule has 1 heterocycles. The summed E-state index contributed by atoms with van der Waals surface area (Å²) in [7, 11) is 0. The maximum absolute atomic E-state index is 11.0. The molecule has 0 spiro atoms. The van der Waals surface area contributed by atoms with Gasteiger partial charge in [-0.15, -0.1) is 0 Å². The van der Waals surface area contributed by atoms with E-state index in [9.17, 15) is 4.79 Å². The normalized spacial score (nSPS) is 24.9. The molecule has 14 heavy (non-hydrogen) atoms. The van der Waals surface area contributed by atoms with Gasteiger partial charge in [0.05, 0.1) is 0 Å². The third kappa shape index (κ3) is 2.25. The van der Waals surface area contributed by atoms with Crippen LogP contribution in [0, 0.1) is 5.92 Å². The van der Waals surface area contributed by atoms with E-state index in [-0.39, 0.29) is 12.5 Å². The number of nitrogens with zero attached hydrogens (tertiary/aromatic N) is 1. The van der Waals surface area contributed by atoms with Gasteiger partial charge in [0.1, 0.15) is 5.54 Å². The van der Waals surface area contributed by atoms with E-state index in [1.807, 2.05) is 4.90 Å². The molecule has 0 aromatic rings. The van der Waals surface area contributed by atoms with Crippen LogP contribution in [0.5, 0.6) is 0 Å². The van der Waals surface area contributed by atoms with Crippen LogP contribution in [-0.4, -0.2) is 46.3 Å². The Balaban J connectivity index is 2.63. The molecule has 1 fully saturated rings. The third-order valence-corrected chi connectivity index (χ3v) is 3.09. The lowest BCUT2D eigenvalue weighted by atomic mass is 9.93. The topological polar surface area (TPSA) is 60.8 Å². The monoisotopic (exact) mass is 201 g/mol. The van der Waals surface area contributed by atoms with Gasteiger partial charge in [-0.05, 0) is 39.2 Å². The van der Waals surface area contributed by atoms with Gasteiger partial charge >= 0.3 is 5.97 Å². The Bertz CT molecular complexity index is 215. The van der Waals surface area contributed by atoms with Crippen molar-refractivity contribution in [2.75, 3.05) is 19.7 Å². The van der Waals surface area contributed by atoms with Gasteiger partial charge < -0.3 is 10.2 Å². The quantitative estimate of drug-likeness (QED) is 0.700. The number of likely N-dealkylation sites (tertiary alicyclic amines) is 1. The molecule has 1 aliphatic rings. The van der Waals surface area contributed by atoms with Crippen molar-refractivity contribution in [2.24, 2.45) is 5.92 Å². The van der Waals surface area contributed by atoms with Gasteiger partial charge in [-0.25, -0.2) is 0 Å². The molecule has 0 saturated carbocycles. The summed E-state index contributed by atoms with van der Waals surface area (Å²) < 4.78 is 0. The van der Waals surface area contributed by atoms with Gasteiger partial charge in [0.15, 0.2) is 0 Å². The summed E-state index contributed by atoms with van der Waals surface area (Å²) in [4.78, 5) is 13.0. The molecule has 0 amide bonds. The summed E-state index contributed by atoms with van der Waals surface area (Å²) in [5.41, 5.74) is -0.812. The Morgan fingerprint density at radius 1 is 1.57 bits per heavy atom. The van der Waals surface area contributed by atoms with Crippen molar-refractivity contribution in [3.63, 3.8) is 0 Å². The van der Waals surface area contributed by atoms with E-state index in [2.05, 4.69) is 0 Å². The van der Waals surface area contributed by atoms with Crippen molar-refractivity contribution in [1.29, 1.82) is 0 Å². The molecule has 4 nitrogen and oxygen atoms in total. The summed E-state index contributed by atoms with van der Waals surface area (Å²) in [5.74, 6) is -0.557. The molecule has 0 radical (unpaired) electrons. The average Bonchev–Trinajstić information content (AvgIpc) is 2.17. The number of aliphatic carboxylic acids is 1. The molecule has 0 aliphatic carbocycles. The fourth-order valence-corrected chi connectivity index (χ4v) is 1.86. The van der Waals surface area contributed by atoms with E-state index < -0.39 is 11.5 Å². The fourth-order valence-electron chi connectivity index (χ4n) is 1.86. The average molecular weight is 201 g/mol. The number of carboxylic acid groups (broad SMARTS) is 1. The van der Waals surface area contributed by atoms with Gasteiger partial charge in [-0.3, -0.25) is 9.69 Å². The molecule has 82 valence electrons. The van der Waals surface area contributed by atoms with Gasteiger partial charge in [-0.2, -0.15) is 0 Å². The summed E-state index contributed by atoms with van der Waals surface area (Å²) in [5, 5.41) is 18.1. The zero-order valence-corrected chi connectivity index (χ0v) is 8.86. The summed E-state index contributed by atoms with van der Waals surface area (Å²) in [6.45, 7) is 5.10. The van der Waals surface area contributed by atoms with Crippen LogP contribution < -0.4 is 0 Å². The van der Waals surface area contributed by atoms with Crippen molar-refractivity contribution in [2.45, 2.75) is 32.2 Å². The van der Waals surface area contributed by atoms with Crippen LogP contribution in [0.25, 0.3) is 0 Å². The SMILES string of the molecule is CC(C)(C(=O)O)N1CCC[C@@H](CO)C1. The van der Waals surface area contributed by atoms with Crippen molar-refractivity contribution >= 4 is 5.97 Å². The highest BCUT2D eigenvalue weighted by Gasteiger charge is 2.36. The molecule has 1 atom stereocenters. The predicted octanol–water partition coefficient (Wildman–Crippen LogP) is 0.554. The van der Waals surface area contributed by atoms with E-state index in [0.717, 1.165) is 19.4 Å². The number of aliphatic hydroxyl groups is 1. The number of rotatable bonds is 3. The minimum absolute atomic E-state index is 0.159. The second-order valence-corrected chi connectivity index (χ2v) is 4.50. The molecule has 1 aliphatic heterocycles. The van der Waals surface area contributed by atoms with Crippen LogP contribution in [0.1, 0.15) is 26.7 Å². The molecule has 0 aromatic heterocycles. The van der Waals surface area contributed by atoms with E-state index in [0.29, 0.717) is 6.54 Å². The standard InChI is InChI=1S/C10H19NO3/c1-10(2,9(13)14)11-5-3-4-8(6-11)7-12/h8,12H,3-7H2,1-2H3,(H,13,14)/t8-/m1/s1.